The molecule has 0 radical (unpaired) electrons. The molecule has 0 saturated carbocycles. The van der Waals surface area contributed by atoms with E-state index in [0.29, 0.717) is 31.1 Å². The van der Waals surface area contributed by atoms with Crippen LogP contribution in [0.5, 0.6) is 0 Å². The summed E-state index contributed by atoms with van der Waals surface area (Å²) in [7, 11) is -2.68. The van der Waals surface area contributed by atoms with Gasteiger partial charge in [-0.15, -0.1) is 0 Å². The Morgan fingerprint density at radius 2 is 0.953 bits per heavy atom. The van der Waals surface area contributed by atoms with Crippen molar-refractivity contribution in [1.82, 2.24) is 0 Å². The first-order chi connectivity index (χ1) is 21.2. The van der Waals surface area contributed by atoms with Crippen LogP contribution in [0, 0.1) is 0 Å². The summed E-state index contributed by atoms with van der Waals surface area (Å²) in [5.74, 6) is 0. The molecule has 0 heterocycles. The van der Waals surface area contributed by atoms with Crippen molar-refractivity contribution < 1.29 is 18.0 Å². The number of benzene rings is 4. The van der Waals surface area contributed by atoms with Crippen molar-refractivity contribution >= 4 is 55.5 Å². The summed E-state index contributed by atoms with van der Waals surface area (Å²) < 4.78 is 31.3. The molecule has 0 fully saturated rings. The molecule has 43 heavy (non-hydrogen) atoms. The van der Waals surface area contributed by atoms with Gasteiger partial charge in [-0.3, -0.25) is 0 Å². The van der Waals surface area contributed by atoms with Gasteiger partial charge in [0.2, 0.25) is 0 Å². The molecule has 0 saturated heterocycles. The Hall–Kier alpha value is -1.95. The van der Waals surface area contributed by atoms with Gasteiger partial charge in [0.25, 0.3) is 0 Å². The van der Waals surface area contributed by atoms with Crippen molar-refractivity contribution in [3.63, 3.8) is 0 Å². The third kappa shape index (κ3) is 10.3. The Morgan fingerprint density at radius 3 is 1.35 bits per heavy atom. The molecule has 1 atom stereocenters. The quantitative estimate of drug-likeness (QED) is 0.0958. The predicted octanol–water partition coefficient (Wildman–Crippen LogP) is 5.43. The summed E-state index contributed by atoms with van der Waals surface area (Å²) in [6, 6.07) is 45.6. The maximum atomic E-state index is 6.64. The Bertz CT molecular complexity index is 1190. The minimum absolute atomic E-state index is 0.449. The fraction of sp³-hybridized carbons (Fsp3) is 0.333. The van der Waals surface area contributed by atoms with Crippen molar-refractivity contribution in [1.29, 1.82) is 0 Å². The third-order valence-electron chi connectivity index (χ3n) is 7.14. The van der Waals surface area contributed by atoms with Crippen LogP contribution in [-0.2, 0) is 18.0 Å². The predicted molar refractivity (Wildman–Crippen MR) is 185 cm³/mol. The van der Waals surface area contributed by atoms with Crippen LogP contribution >= 0.6 is 0 Å². The molecular formula is C36H46As2O4Si. The average molecular weight is 721 g/mol. The number of rotatable bonds is 19. The summed E-state index contributed by atoms with van der Waals surface area (Å²) in [6.45, 7) is 9.26. The molecule has 4 nitrogen and oxygen atoms in total. The van der Waals surface area contributed by atoms with E-state index in [-0.39, 0.29) is 0 Å². The Labute approximate surface area is 269 Å². The summed E-state index contributed by atoms with van der Waals surface area (Å²) in [4.78, 5) is 0. The van der Waals surface area contributed by atoms with Crippen LogP contribution in [0.25, 0.3) is 0 Å². The van der Waals surface area contributed by atoms with Gasteiger partial charge in [0.1, 0.15) is 0 Å². The monoisotopic (exact) mass is 720 g/mol. The summed E-state index contributed by atoms with van der Waals surface area (Å²) >= 11 is -3.35. The van der Waals surface area contributed by atoms with Gasteiger partial charge < -0.3 is 0 Å². The molecular weight excluding hydrogens is 674 g/mol. The Kier molecular flexibility index (Phi) is 14.8. The molecule has 0 spiro atoms. The zero-order valence-corrected chi connectivity index (χ0v) is 30.6. The second-order valence-electron chi connectivity index (χ2n) is 10.1. The minimum atomic E-state index is -2.68. The fourth-order valence-corrected chi connectivity index (χ4v) is 21.7. The van der Waals surface area contributed by atoms with E-state index >= 15 is 0 Å². The van der Waals surface area contributed by atoms with Crippen LogP contribution in [0.1, 0.15) is 27.2 Å². The van der Waals surface area contributed by atoms with Crippen LogP contribution in [-0.4, -0.2) is 71.1 Å². The molecule has 4 rings (SSSR count). The topological polar surface area (TPSA) is 36.9 Å². The molecule has 0 aliphatic heterocycles. The van der Waals surface area contributed by atoms with Crippen molar-refractivity contribution in [2.24, 2.45) is 0 Å². The molecule has 0 aromatic heterocycles. The molecule has 7 heteroatoms. The second kappa shape index (κ2) is 18.8. The normalized spacial score (nSPS) is 12.6. The van der Waals surface area contributed by atoms with Crippen LogP contribution in [0.4, 0.5) is 0 Å². The summed E-state index contributed by atoms with van der Waals surface area (Å²) in [5, 5.41) is 1.17. The number of hydrogen-bond acceptors (Lipinski definition) is 4. The summed E-state index contributed by atoms with van der Waals surface area (Å²) in [5.41, 5.74) is 0. The maximum absolute atomic E-state index is 6.64. The average Bonchev–Trinajstić information content (AvgIpc) is 3.05. The zero-order chi connectivity index (χ0) is 30.2. The molecule has 1 unspecified atom stereocenters. The molecule has 0 N–H and O–H groups in total. The third-order valence-corrected chi connectivity index (χ3v) is 23.0. The van der Waals surface area contributed by atoms with E-state index in [1.54, 1.807) is 0 Å². The van der Waals surface area contributed by atoms with E-state index in [2.05, 4.69) is 121 Å². The van der Waals surface area contributed by atoms with Crippen LogP contribution in [0.15, 0.2) is 121 Å². The second-order valence-corrected chi connectivity index (χ2v) is 22.8. The van der Waals surface area contributed by atoms with Gasteiger partial charge in [-0.1, -0.05) is 0 Å². The van der Waals surface area contributed by atoms with E-state index in [4.69, 9.17) is 18.0 Å². The molecule has 4 aromatic rings. The Morgan fingerprint density at radius 1 is 0.558 bits per heavy atom. The first-order valence-electron chi connectivity index (χ1n) is 15.5. The van der Waals surface area contributed by atoms with E-state index in [9.17, 15) is 0 Å². The van der Waals surface area contributed by atoms with E-state index in [1.165, 1.54) is 22.6 Å². The Balaban J connectivity index is 1.61. The number of ether oxygens (including phenoxy) is 1. The van der Waals surface area contributed by atoms with Gasteiger partial charge in [-0.25, -0.2) is 0 Å². The van der Waals surface area contributed by atoms with Crippen molar-refractivity contribution in [2.75, 3.05) is 33.0 Å². The van der Waals surface area contributed by atoms with E-state index < -0.39 is 38.1 Å². The van der Waals surface area contributed by atoms with Gasteiger partial charge in [-0.2, -0.15) is 0 Å². The molecule has 0 aliphatic carbocycles. The van der Waals surface area contributed by atoms with E-state index in [1.807, 2.05) is 20.8 Å². The van der Waals surface area contributed by atoms with Crippen molar-refractivity contribution in [2.45, 2.75) is 43.2 Å². The first-order valence-corrected chi connectivity index (χ1v) is 23.6. The van der Waals surface area contributed by atoms with Gasteiger partial charge in [-0.05, 0) is 0 Å². The summed E-state index contributed by atoms with van der Waals surface area (Å²) in [6.07, 6.45) is 0.863. The molecule has 0 amide bonds. The van der Waals surface area contributed by atoms with E-state index in [0.717, 1.165) is 19.1 Å². The first kappa shape index (κ1) is 33.9. The van der Waals surface area contributed by atoms with Crippen LogP contribution < -0.4 is 17.4 Å². The van der Waals surface area contributed by atoms with Crippen molar-refractivity contribution in [3.8, 4) is 0 Å². The van der Waals surface area contributed by atoms with Gasteiger partial charge in [0, 0.05) is 0 Å². The van der Waals surface area contributed by atoms with Crippen LogP contribution in [0.3, 0.4) is 0 Å². The van der Waals surface area contributed by atoms with Gasteiger partial charge in [0.15, 0.2) is 0 Å². The molecule has 4 aromatic carbocycles. The molecule has 0 bridgehead atoms. The fourth-order valence-electron chi connectivity index (χ4n) is 5.35. The zero-order valence-electron chi connectivity index (χ0n) is 25.8. The molecule has 228 valence electrons. The standard InChI is InChI=1S/C36H46As2O4Si/c1-4-40-43(41-5-2,42-6-3)29-19-28-39-31-36(38(34-24-15-9-16-25-34)35-26-17-10-18-27-35)30-37(32-20-11-7-12-21-32)33-22-13-8-14-23-33/h7-18,20-27,36H,4-6,19,28-31H2,1-3H3. The SMILES string of the molecule is CCO[Si](CCCOCC(C[As](c1ccccc1)c1ccccc1)[As](c1ccccc1)c1ccccc1)(OCC)OCC. The molecule has 0 aliphatic rings. The van der Waals surface area contributed by atoms with Crippen molar-refractivity contribution in [3.05, 3.63) is 121 Å². The number of hydrogen-bond donors (Lipinski definition) is 0. The van der Waals surface area contributed by atoms with Gasteiger partial charge in [0.05, 0.1) is 0 Å². The van der Waals surface area contributed by atoms with Crippen LogP contribution in [0.2, 0.25) is 16.0 Å². The van der Waals surface area contributed by atoms with Gasteiger partial charge >= 0.3 is 271 Å².